The van der Waals surface area contributed by atoms with Gasteiger partial charge in [-0.25, -0.2) is 0 Å². The minimum atomic E-state index is -0.00937. The topological polar surface area (TPSA) is 46.9 Å². The standard InChI is InChI=1S/C25H28ClN3O/c1-17-8-12-19(13-9-17)24-23(26)25(20-14-10-18(2)11-15-20)29(28-24)16-22(30)27-21-6-4-3-5-7-21/h8-15,21H,3-7,16H2,1-2H3,(H,27,30). The molecule has 4 nitrogen and oxygen atoms in total. The van der Waals surface area contributed by atoms with E-state index in [-0.39, 0.29) is 18.5 Å². The van der Waals surface area contributed by atoms with Gasteiger partial charge in [-0.2, -0.15) is 5.10 Å². The predicted molar refractivity (Wildman–Crippen MR) is 123 cm³/mol. The molecule has 0 bridgehead atoms. The van der Waals surface area contributed by atoms with Crippen LogP contribution in [0.2, 0.25) is 5.02 Å². The lowest BCUT2D eigenvalue weighted by molar-refractivity contribution is -0.122. The molecule has 0 atom stereocenters. The lowest BCUT2D eigenvalue weighted by atomic mass is 9.95. The maximum atomic E-state index is 12.8. The van der Waals surface area contributed by atoms with Gasteiger partial charge in [0.1, 0.15) is 12.2 Å². The number of nitrogens with zero attached hydrogens (tertiary/aromatic N) is 2. The molecule has 1 aliphatic rings. The molecule has 1 N–H and O–H groups in total. The normalized spacial score (nSPS) is 14.6. The van der Waals surface area contributed by atoms with E-state index in [0.717, 1.165) is 29.7 Å². The largest absolute Gasteiger partial charge is 0.352 e. The van der Waals surface area contributed by atoms with Crippen LogP contribution in [-0.4, -0.2) is 21.7 Å². The minimum Gasteiger partial charge on any atom is -0.352 e. The number of benzene rings is 2. The molecule has 0 saturated heterocycles. The zero-order valence-electron chi connectivity index (χ0n) is 17.6. The monoisotopic (exact) mass is 421 g/mol. The van der Waals surface area contributed by atoms with Gasteiger partial charge in [0.2, 0.25) is 5.91 Å². The first kappa shape index (κ1) is 20.7. The van der Waals surface area contributed by atoms with Crippen molar-refractivity contribution in [3.05, 3.63) is 64.7 Å². The number of hydrogen-bond donors (Lipinski definition) is 1. The van der Waals surface area contributed by atoms with Crippen LogP contribution in [0.5, 0.6) is 0 Å². The van der Waals surface area contributed by atoms with Crippen LogP contribution in [0, 0.1) is 13.8 Å². The first-order valence-corrected chi connectivity index (χ1v) is 11.1. The highest BCUT2D eigenvalue weighted by Gasteiger charge is 2.22. The van der Waals surface area contributed by atoms with Gasteiger partial charge in [-0.05, 0) is 26.7 Å². The Morgan fingerprint density at radius 3 is 2.13 bits per heavy atom. The smallest absolute Gasteiger partial charge is 0.241 e. The van der Waals surface area contributed by atoms with Crippen molar-refractivity contribution in [1.82, 2.24) is 15.1 Å². The molecule has 1 aromatic heterocycles. The van der Waals surface area contributed by atoms with Crippen LogP contribution in [0.4, 0.5) is 0 Å². The van der Waals surface area contributed by atoms with Gasteiger partial charge in [-0.15, -0.1) is 0 Å². The number of aromatic nitrogens is 2. The van der Waals surface area contributed by atoms with Crippen LogP contribution in [0.25, 0.3) is 22.5 Å². The molecule has 2 aromatic carbocycles. The Hall–Kier alpha value is -2.59. The highest BCUT2D eigenvalue weighted by atomic mass is 35.5. The van der Waals surface area contributed by atoms with E-state index >= 15 is 0 Å². The van der Waals surface area contributed by atoms with E-state index in [1.165, 1.54) is 30.4 Å². The Balaban J connectivity index is 1.68. The van der Waals surface area contributed by atoms with Gasteiger partial charge >= 0.3 is 0 Å². The summed E-state index contributed by atoms with van der Waals surface area (Å²) in [7, 11) is 0. The second kappa shape index (κ2) is 9.05. The molecule has 3 aromatic rings. The maximum absolute atomic E-state index is 12.8. The Labute approximate surface area is 183 Å². The lowest BCUT2D eigenvalue weighted by Gasteiger charge is -2.22. The average Bonchev–Trinajstić information content (AvgIpc) is 3.05. The van der Waals surface area contributed by atoms with Crippen LogP contribution in [0.3, 0.4) is 0 Å². The highest BCUT2D eigenvalue weighted by molar-refractivity contribution is 6.35. The van der Waals surface area contributed by atoms with Crippen LogP contribution in [0.15, 0.2) is 48.5 Å². The van der Waals surface area contributed by atoms with Gasteiger partial charge in [0.25, 0.3) is 0 Å². The molecule has 0 spiro atoms. The van der Waals surface area contributed by atoms with Crippen molar-refractivity contribution >= 4 is 17.5 Å². The number of carbonyl (C=O) groups is 1. The third kappa shape index (κ3) is 4.59. The van der Waals surface area contributed by atoms with E-state index in [2.05, 4.69) is 31.3 Å². The van der Waals surface area contributed by atoms with E-state index in [9.17, 15) is 4.79 Å². The van der Waals surface area contributed by atoms with E-state index < -0.39 is 0 Å². The molecule has 4 rings (SSSR count). The second-order valence-electron chi connectivity index (χ2n) is 8.30. The summed E-state index contributed by atoms with van der Waals surface area (Å²) in [5.41, 5.74) is 5.76. The molecule has 30 heavy (non-hydrogen) atoms. The van der Waals surface area contributed by atoms with E-state index in [1.807, 2.05) is 36.4 Å². The van der Waals surface area contributed by atoms with E-state index in [4.69, 9.17) is 16.7 Å². The molecule has 5 heteroatoms. The van der Waals surface area contributed by atoms with Gasteiger partial charge in [-0.3, -0.25) is 9.48 Å². The third-order valence-electron chi connectivity index (χ3n) is 5.81. The summed E-state index contributed by atoms with van der Waals surface area (Å²) < 4.78 is 1.75. The van der Waals surface area contributed by atoms with Gasteiger partial charge in [0.15, 0.2) is 0 Å². The number of aryl methyl sites for hydroxylation is 2. The fourth-order valence-electron chi connectivity index (χ4n) is 4.09. The summed E-state index contributed by atoms with van der Waals surface area (Å²) >= 11 is 6.84. The summed E-state index contributed by atoms with van der Waals surface area (Å²) in [5, 5.41) is 8.53. The maximum Gasteiger partial charge on any atom is 0.241 e. The van der Waals surface area contributed by atoms with Gasteiger partial charge in [-0.1, -0.05) is 90.5 Å². The SMILES string of the molecule is Cc1ccc(-c2nn(CC(=O)NC3CCCCC3)c(-c3ccc(C)cc3)c2Cl)cc1. The molecule has 1 fully saturated rings. The fraction of sp³-hybridized carbons (Fsp3) is 0.360. The van der Waals surface area contributed by atoms with Crippen LogP contribution in [-0.2, 0) is 11.3 Å². The first-order valence-electron chi connectivity index (χ1n) is 10.7. The number of amides is 1. The quantitative estimate of drug-likeness (QED) is 0.554. The van der Waals surface area contributed by atoms with Crippen molar-refractivity contribution in [2.24, 2.45) is 0 Å². The van der Waals surface area contributed by atoms with E-state index in [1.54, 1.807) is 4.68 Å². The zero-order valence-corrected chi connectivity index (χ0v) is 18.4. The molecule has 1 aliphatic carbocycles. The van der Waals surface area contributed by atoms with Gasteiger partial charge in [0.05, 0.1) is 10.7 Å². The van der Waals surface area contributed by atoms with Crippen molar-refractivity contribution in [1.29, 1.82) is 0 Å². The Bertz CT molecular complexity index is 1020. The number of carbonyl (C=O) groups excluding carboxylic acids is 1. The molecule has 1 heterocycles. The van der Waals surface area contributed by atoms with Gasteiger partial charge < -0.3 is 5.32 Å². The van der Waals surface area contributed by atoms with Crippen molar-refractivity contribution in [3.63, 3.8) is 0 Å². The summed E-state index contributed by atoms with van der Waals surface area (Å²) in [6.45, 7) is 4.26. The summed E-state index contributed by atoms with van der Waals surface area (Å²) in [6.07, 6.45) is 5.75. The number of rotatable bonds is 5. The molecular weight excluding hydrogens is 394 g/mol. The number of nitrogens with one attached hydrogen (secondary N) is 1. The summed E-state index contributed by atoms with van der Waals surface area (Å²) in [4.78, 5) is 12.8. The Morgan fingerprint density at radius 2 is 1.53 bits per heavy atom. The van der Waals surface area contributed by atoms with Crippen LogP contribution < -0.4 is 5.32 Å². The fourth-order valence-corrected chi connectivity index (χ4v) is 4.45. The number of hydrogen-bond acceptors (Lipinski definition) is 2. The zero-order chi connectivity index (χ0) is 21.1. The Morgan fingerprint density at radius 1 is 0.967 bits per heavy atom. The van der Waals surface area contributed by atoms with Crippen LogP contribution >= 0.6 is 11.6 Å². The minimum absolute atomic E-state index is 0.00937. The first-order chi connectivity index (χ1) is 14.5. The molecule has 1 amide bonds. The molecule has 0 aliphatic heterocycles. The molecule has 0 radical (unpaired) electrons. The third-order valence-corrected chi connectivity index (χ3v) is 6.17. The molecule has 1 saturated carbocycles. The predicted octanol–water partition coefficient (Wildman–Crippen LogP) is 5.94. The lowest BCUT2D eigenvalue weighted by Crippen LogP contribution is -2.38. The molecule has 156 valence electrons. The van der Waals surface area contributed by atoms with Crippen molar-refractivity contribution < 1.29 is 4.79 Å². The van der Waals surface area contributed by atoms with Crippen molar-refractivity contribution in [3.8, 4) is 22.5 Å². The summed E-state index contributed by atoms with van der Waals surface area (Å²) in [5.74, 6) is -0.00937. The average molecular weight is 422 g/mol. The van der Waals surface area contributed by atoms with Gasteiger partial charge in [0, 0.05) is 17.2 Å². The van der Waals surface area contributed by atoms with Crippen molar-refractivity contribution in [2.75, 3.05) is 0 Å². The van der Waals surface area contributed by atoms with E-state index in [0.29, 0.717) is 10.7 Å². The van der Waals surface area contributed by atoms with Crippen molar-refractivity contribution in [2.45, 2.75) is 58.5 Å². The molecule has 0 unspecified atom stereocenters. The molecular formula is C25H28ClN3O. The second-order valence-corrected chi connectivity index (χ2v) is 8.68. The summed E-state index contributed by atoms with van der Waals surface area (Å²) in [6, 6.07) is 16.6. The highest BCUT2D eigenvalue weighted by Crippen LogP contribution is 2.36. The number of halogens is 1. The Kier molecular flexibility index (Phi) is 6.24. The van der Waals surface area contributed by atoms with Crippen LogP contribution in [0.1, 0.15) is 43.2 Å².